The lowest BCUT2D eigenvalue weighted by atomic mass is 10.1. The van der Waals surface area contributed by atoms with Crippen LogP contribution in [-0.2, 0) is 16.1 Å². The zero-order valence-electron chi connectivity index (χ0n) is 23.6. The highest BCUT2D eigenvalue weighted by molar-refractivity contribution is 6.18. The number of alkyl halides is 2. The minimum atomic E-state index is -0.600. The molecule has 0 unspecified atom stereocenters. The average molecular weight is 617 g/mol. The molecule has 0 fully saturated rings. The third kappa shape index (κ3) is 7.66. The van der Waals surface area contributed by atoms with E-state index in [0.29, 0.717) is 41.8 Å². The van der Waals surface area contributed by atoms with Gasteiger partial charge in [-0.2, -0.15) is 0 Å². The van der Waals surface area contributed by atoms with Crippen LogP contribution in [0.25, 0.3) is 21.8 Å². The first-order valence-corrected chi connectivity index (χ1v) is 14.9. The Morgan fingerprint density at radius 1 is 0.767 bits per heavy atom. The molecule has 0 spiro atoms. The zero-order valence-corrected chi connectivity index (χ0v) is 25.1. The SMILES string of the molecule is CC(=O)Nc1cc(COC(=O)Nc2ccc(N(CCCl)CCCl)cc2)cc(Nc2c3ccccc3nc3ccccc23)c1. The molecule has 220 valence electrons. The van der Waals surface area contributed by atoms with E-state index < -0.39 is 6.09 Å². The molecular weight excluding hydrogens is 585 g/mol. The average Bonchev–Trinajstić information content (AvgIpc) is 3.00. The van der Waals surface area contributed by atoms with E-state index in [2.05, 4.69) is 20.9 Å². The Morgan fingerprint density at radius 2 is 1.37 bits per heavy atom. The fourth-order valence-corrected chi connectivity index (χ4v) is 5.28. The van der Waals surface area contributed by atoms with Crippen LogP contribution in [0, 0.1) is 0 Å². The van der Waals surface area contributed by atoms with Gasteiger partial charge in [-0.3, -0.25) is 10.1 Å². The summed E-state index contributed by atoms with van der Waals surface area (Å²) < 4.78 is 5.55. The van der Waals surface area contributed by atoms with Gasteiger partial charge in [0.05, 0.1) is 16.7 Å². The number of nitrogens with zero attached hydrogens (tertiary/aromatic N) is 2. The highest BCUT2D eigenvalue weighted by atomic mass is 35.5. The van der Waals surface area contributed by atoms with E-state index in [1.165, 1.54) is 6.92 Å². The first kappa shape index (κ1) is 29.9. The number of carbonyl (C=O) groups excluding carboxylic acids is 2. The molecule has 10 heteroatoms. The normalized spacial score (nSPS) is 10.9. The summed E-state index contributed by atoms with van der Waals surface area (Å²) in [5.41, 5.74) is 6.17. The molecule has 0 radical (unpaired) electrons. The summed E-state index contributed by atoms with van der Waals surface area (Å²) in [5.74, 6) is 0.763. The van der Waals surface area contributed by atoms with Crippen LogP contribution in [-0.4, -0.2) is 41.8 Å². The fourth-order valence-electron chi connectivity index (χ4n) is 4.87. The van der Waals surface area contributed by atoms with E-state index in [-0.39, 0.29) is 12.5 Å². The molecule has 1 aromatic heterocycles. The molecule has 4 aromatic carbocycles. The van der Waals surface area contributed by atoms with Crippen molar-refractivity contribution >= 4 is 85.4 Å². The molecule has 5 aromatic rings. The second-order valence-corrected chi connectivity index (χ2v) is 10.6. The van der Waals surface area contributed by atoms with Gasteiger partial charge in [-0.25, -0.2) is 9.78 Å². The van der Waals surface area contributed by atoms with Crippen LogP contribution in [0.15, 0.2) is 91.0 Å². The maximum atomic E-state index is 12.7. The van der Waals surface area contributed by atoms with Gasteiger partial charge in [0.2, 0.25) is 5.91 Å². The van der Waals surface area contributed by atoms with Crippen LogP contribution in [0.4, 0.5) is 33.2 Å². The molecule has 0 saturated carbocycles. The first-order chi connectivity index (χ1) is 20.9. The number of aromatic nitrogens is 1. The summed E-state index contributed by atoms with van der Waals surface area (Å²) in [6.45, 7) is 2.78. The van der Waals surface area contributed by atoms with Gasteiger partial charge in [0.25, 0.3) is 0 Å². The van der Waals surface area contributed by atoms with Gasteiger partial charge >= 0.3 is 6.09 Å². The molecule has 0 aliphatic heterocycles. The third-order valence-electron chi connectivity index (χ3n) is 6.73. The Bertz CT molecular complexity index is 1690. The molecule has 2 amide bonds. The molecule has 0 saturated heterocycles. The minimum absolute atomic E-state index is 0.0108. The molecule has 1 heterocycles. The number of halogens is 2. The van der Waals surface area contributed by atoms with Crippen molar-refractivity contribution in [2.24, 2.45) is 0 Å². The van der Waals surface area contributed by atoms with Gasteiger partial charge in [0.15, 0.2) is 0 Å². The number of carbonyl (C=O) groups is 2. The Hall–Kier alpha value is -4.53. The lowest BCUT2D eigenvalue weighted by molar-refractivity contribution is -0.114. The lowest BCUT2D eigenvalue weighted by Gasteiger charge is -2.23. The van der Waals surface area contributed by atoms with Crippen molar-refractivity contribution < 1.29 is 14.3 Å². The molecule has 0 bridgehead atoms. The molecule has 8 nitrogen and oxygen atoms in total. The van der Waals surface area contributed by atoms with Gasteiger partial charge in [0, 0.05) is 65.3 Å². The van der Waals surface area contributed by atoms with E-state index in [9.17, 15) is 9.59 Å². The molecule has 3 N–H and O–H groups in total. The minimum Gasteiger partial charge on any atom is -0.444 e. The number of hydrogen-bond acceptors (Lipinski definition) is 6. The van der Waals surface area contributed by atoms with Crippen molar-refractivity contribution in [2.75, 3.05) is 45.7 Å². The fraction of sp³-hybridized carbons (Fsp3) is 0.182. The van der Waals surface area contributed by atoms with E-state index >= 15 is 0 Å². The number of benzene rings is 4. The first-order valence-electron chi connectivity index (χ1n) is 13.8. The van der Waals surface area contributed by atoms with Crippen molar-refractivity contribution in [1.82, 2.24) is 4.98 Å². The van der Waals surface area contributed by atoms with E-state index in [0.717, 1.165) is 38.9 Å². The standard InChI is InChI=1S/C33H31Cl2N5O3/c1-22(41)36-25-18-23(21-43-33(42)38-24-10-12-27(13-11-24)40(16-14-34)17-15-35)19-26(20-25)37-32-28-6-2-4-8-30(28)39-31-9-5-3-7-29(31)32/h2-13,18-20H,14-17,21H2,1H3,(H,36,41)(H,37,39)(H,38,42). The molecule has 0 atom stereocenters. The topological polar surface area (TPSA) is 95.6 Å². The van der Waals surface area contributed by atoms with Crippen LogP contribution in [0.5, 0.6) is 0 Å². The summed E-state index contributed by atoms with van der Waals surface area (Å²) in [7, 11) is 0. The van der Waals surface area contributed by atoms with Crippen molar-refractivity contribution in [3.05, 3.63) is 96.6 Å². The summed E-state index contributed by atoms with van der Waals surface area (Å²) in [6, 6.07) is 28.7. The second kappa shape index (κ2) is 14.1. The van der Waals surface area contributed by atoms with Crippen LogP contribution in [0.2, 0.25) is 0 Å². The quantitative estimate of drug-likeness (QED) is 0.103. The summed E-state index contributed by atoms with van der Waals surface area (Å²) in [4.78, 5) is 31.4. The predicted molar refractivity (Wildman–Crippen MR) is 177 cm³/mol. The van der Waals surface area contributed by atoms with E-state index in [4.69, 9.17) is 32.9 Å². The number of amides is 2. The Morgan fingerprint density at radius 3 is 1.98 bits per heavy atom. The largest absolute Gasteiger partial charge is 0.444 e. The summed E-state index contributed by atoms with van der Waals surface area (Å²) in [6.07, 6.45) is -0.600. The van der Waals surface area contributed by atoms with Gasteiger partial charge in [-0.1, -0.05) is 36.4 Å². The molecule has 0 aliphatic rings. The van der Waals surface area contributed by atoms with Crippen molar-refractivity contribution in [2.45, 2.75) is 13.5 Å². The highest BCUT2D eigenvalue weighted by Gasteiger charge is 2.12. The number of fused-ring (bicyclic) bond motifs is 2. The highest BCUT2D eigenvalue weighted by Crippen LogP contribution is 2.34. The van der Waals surface area contributed by atoms with Crippen LogP contribution in [0.3, 0.4) is 0 Å². The monoisotopic (exact) mass is 615 g/mol. The maximum absolute atomic E-state index is 12.7. The third-order valence-corrected chi connectivity index (χ3v) is 7.07. The second-order valence-electron chi connectivity index (χ2n) is 9.86. The molecule has 5 rings (SSSR count). The van der Waals surface area contributed by atoms with Gasteiger partial charge in [0.1, 0.15) is 6.61 Å². The van der Waals surface area contributed by atoms with Crippen molar-refractivity contribution in [1.29, 1.82) is 0 Å². The van der Waals surface area contributed by atoms with E-state index in [1.54, 1.807) is 18.2 Å². The van der Waals surface area contributed by atoms with Gasteiger partial charge in [-0.05, 0) is 60.2 Å². The smallest absolute Gasteiger partial charge is 0.411 e. The van der Waals surface area contributed by atoms with Gasteiger partial charge < -0.3 is 20.3 Å². The van der Waals surface area contributed by atoms with Gasteiger partial charge in [-0.15, -0.1) is 23.2 Å². The van der Waals surface area contributed by atoms with Crippen LogP contribution in [0.1, 0.15) is 12.5 Å². The Kier molecular flexibility index (Phi) is 9.81. The van der Waals surface area contributed by atoms with Crippen molar-refractivity contribution in [3.8, 4) is 0 Å². The van der Waals surface area contributed by atoms with Crippen LogP contribution < -0.4 is 20.9 Å². The number of anilines is 5. The Labute approximate surface area is 260 Å². The molecule has 0 aliphatic carbocycles. The number of hydrogen-bond donors (Lipinski definition) is 3. The van der Waals surface area contributed by atoms with Crippen molar-refractivity contribution in [3.63, 3.8) is 0 Å². The van der Waals surface area contributed by atoms with Crippen LogP contribution >= 0.6 is 23.2 Å². The lowest BCUT2D eigenvalue weighted by Crippen LogP contribution is -2.27. The summed E-state index contributed by atoms with van der Waals surface area (Å²) in [5, 5.41) is 11.1. The van der Waals surface area contributed by atoms with E-state index in [1.807, 2.05) is 72.8 Å². The number of rotatable bonds is 11. The number of ether oxygens (including phenoxy) is 1. The Balaban J connectivity index is 1.34. The predicted octanol–water partition coefficient (Wildman–Crippen LogP) is 8.12. The number of pyridine rings is 1. The number of nitrogens with one attached hydrogen (secondary N) is 3. The molecular formula is C33H31Cl2N5O3. The zero-order chi connectivity index (χ0) is 30.2. The summed E-state index contributed by atoms with van der Waals surface area (Å²) >= 11 is 11.8. The maximum Gasteiger partial charge on any atom is 0.411 e. The number of para-hydroxylation sites is 2. The molecule has 43 heavy (non-hydrogen) atoms.